The maximum absolute atomic E-state index is 13.4. The lowest BCUT2D eigenvalue weighted by atomic mass is 10.2. The van der Waals surface area contributed by atoms with Crippen LogP contribution in [0.5, 0.6) is 0 Å². The van der Waals surface area contributed by atoms with Crippen LogP contribution < -0.4 is 5.32 Å². The number of anilines is 1. The van der Waals surface area contributed by atoms with E-state index in [0.29, 0.717) is 6.54 Å². The van der Waals surface area contributed by atoms with Gasteiger partial charge in [0.2, 0.25) is 0 Å². The number of rotatable bonds is 3. The molecule has 0 aliphatic carbocycles. The lowest BCUT2D eigenvalue weighted by Crippen LogP contribution is -2.04. The molecule has 2 heterocycles. The van der Waals surface area contributed by atoms with Crippen molar-refractivity contribution in [3.05, 3.63) is 65.4 Å². The van der Waals surface area contributed by atoms with Crippen LogP contribution >= 0.6 is 0 Å². The molecule has 3 nitrogen and oxygen atoms in total. The summed E-state index contributed by atoms with van der Waals surface area (Å²) in [6, 6.07) is 10.9. The Kier molecular flexibility index (Phi) is 3.14. The number of fused-ring (bicyclic) bond motifs is 1. The first-order valence-electron chi connectivity index (χ1n) is 6.57. The quantitative estimate of drug-likeness (QED) is 0.785. The van der Waals surface area contributed by atoms with Gasteiger partial charge in [0.05, 0.1) is 17.9 Å². The normalized spacial score (nSPS) is 10.9. The van der Waals surface area contributed by atoms with E-state index in [1.165, 1.54) is 12.1 Å². The number of hydrogen-bond acceptors (Lipinski definition) is 2. The molecule has 0 saturated heterocycles. The third-order valence-electron chi connectivity index (χ3n) is 3.33. The van der Waals surface area contributed by atoms with E-state index in [1.807, 2.05) is 44.3 Å². The van der Waals surface area contributed by atoms with E-state index in [-0.39, 0.29) is 5.82 Å². The first-order chi connectivity index (χ1) is 9.63. The van der Waals surface area contributed by atoms with Crippen LogP contribution in [0.2, 0.25) is 0 Å². The number of pyridine rings is 1. The number of aryl methyl sites for hydroxylation is 2. The highest BCUT2D eigenvalue weighted by Gasteiger charge is 2.08. The molecule has 3 aromatic rings. The molecule has 0 aliphatic heterocycles. The molecule has 102 valence electrons. The highest BCUT2D eigenvalue weighted by Crippen LogP contribution is 2.17. The van der Waals surface area contributed by atoms with Gasteiger partial charge in [-0.05, 0) is 49.7 Å². The Morgan fingerprint density at radius 1 is 1.20 bits per heavy atom. The fraction of sp³-hybridized carbons (Fsp3) is 0.188. The molecule has 0 radical (unpaired) electrons. The second kappa shape index (κ2) is 4.96. The lowest BCUT2D eigenvalue weighted by molar-refractivity contribution is 0.627. The zero-order valence-electron chi connectivity index (χ0n) is 11.5. The molecule has 0 atom stereocenters. The number of benzene rings is 1. The van der Waals surface area contributed by atoms with E-state index in [2.05, 4.69) is 14.7 Å². The van der Waals surface area contributed by atoms with Crippen LogP contribution in [0.3, 0.4) is 0 Å². The smallest absolute Gasteiger partial charge is 0.137 e. The highest BCUT2D eigenvalue weighted by atomic mass is 19.1. The van der Waals surface area contributed by atoms with E-state index in [9.17, 15) is 4.39 Å². The van der Waals surface area contributed by atoms with Crippen molar-refractivity contribution < 1.29 is 4.39 Å². The van der Waals surface area contributed by atoms with Gasteiger partial charge in [0.15, 0.2) is 0 Å². The number of nitrogens with zero attached hydrogens (tertiary/aromatic N) is 2. The number of nitrogens with one attached hydrogen (secondary N) is 1. The van der Waals surface area contributed by atoms with E-state index < -0.39 is 0 Å². The maximum atomic E-state index is 13.4. The second-order valence-electron chi connectivity index (χ2n) is 4.94. The van der Waals surface area contributed by atoms with Crippen LogP contribution in [0.25, 0.3) is 5.65 Å². The summed E-state index contributed by atoms with van der Waals surface area (Å²) in [4.78, 5) is 4.51. The maximum Gasteiger partial charge on any atom is 0.137 e. The van der Waals surface area contributed by atoms with Crippen molar-refractivity contribution in [1.29, 1.82) is 0 Å². The van der Waals surface area contributed by atoms with Crippen LogP contribution in [0.15, 0.2) is 42.6 Å². The van der Waals surface area contributed by atoms with Crippen molar-refractivity contribution in [1.82, 2.24) is 9.38 Å². The lowest BCUT2D eigenvalue weighted by Gasteiger charge is -2.08. The van der Waals surface area contributed by atoms with Gasteiger partial charge in [0.1, 0.15) is 11.5 Å². The monoisotopic (exact) mass is 269 g/mol. The van der Waals surface area contributed by atoms with Crippen molar-refractivity contribution in [2.45, 2.75) is 20.4 Å². The molecule has 4 heteroatoms. The molecular weight excluding hydrogens is 253 g/mol. The number of aromatic nitrogens is 2. The van der Waals surface area contributed by atoms with Crippen molar-refractivity contribution >= 4 is 11.3 Å². The summed E-state index contributed by atoms with van der Waals surface area (Å²) >= 11 is 0. The second-order valence-corrected chi connectivity index (χ2v) is 4.94. The Morgan fingerprint density at radius 3 is 2.85 bits per heavy atom. The van der Waals surface area contributed by atoms with Crippen molar-refractivity contribution in [2.24, 2.45) is 0 Å². The Balaban J connectivity index is 1.88. The molecule has 0 aliphatic rings. The fourth-order valence-corrected chi connectivity index (χ4v) is 2.40. The fourth-order valence-electron chi connectivity index (χ4n) is 2.40. The number of hydrogen-bond donors (Lipinski definition) is 1. The Hall–Kier alpha value is -2.36. The first-order valence-corrected chi connectivity index (χ1v) is 6.57. The average Bonchev–Trinajstić information content (AvgIpc) is 2.71. The van der Waals surface area contributed by atoms with Gasteiger partial charge in [-0.1, -0.05) is 6.07 Å². The molecule has 0 fully saturated rings. The van der Waals surface area contributed by atoms with Crippen LogP contribution in [0.4, 0.5) is 10.1 Å². The van der Waals surface area contributed by atoms with Gasteiger partial charge in [0.25, 0.3) is 0 Å². The predicted molar refractivity (Wildman–Crippen MR) is 78.4 cm³/mol. The Morgan fingerprint density at radius 2 is 2.05 bits per heavy atom. The van der Waals surface area contributed by atoms with Gasteiger partial charge in [0, 0.05) is 11.9 Å². The highest BCUT2D eigenvalue weighted by molar-refractivity contribution is 5.48. The molecule has 0 unspecified atom stereocenters. The summed E-state index contributed by atoms with van der Waals surface area (Å²) < 4.78 is 15.4. The van der Waals surface area contributed by atoms with Gasteiger partial charge in [-0.3, -0.25) is 0 Å². The summed E-state index contributed by atoms with van der Waals surface area (Å²) in [5, 5.41) is 3.26. The standard InChI is InChI=1S/C16H16FN3/c1-11-7-13(17)9-14(8-11)18-10-15-12(2)19-16-5-3-4-6-20(15)16/h3-9,18H,10H2,1-2H3. The van der Waals surface area contributed by atoms with Crippen LogP contribution in [0, 0.1) is 19.7 Å². The molecule has 3 rings (SSSR count). The van der Waals surface area contributed by atoms with Gasteiger partial charge in [-0.15, -0.1) is 0 Å². The third kappa shape index (κ3) is 2.37. The van der Waals surface area contributed by atoms with Crippen LogP contribution in [0.1, 0.15) is 17.0 Å². The Labute approximate surface area is 117 Å². The zero-order valence-corrected chi connectivity index (χ0v) is 11.5. The molecule has 20 heavy (non-hydrogen) atoms. The largest absolute Gasteiger partial charge is 0.379 e. The van der Waals surface area contributed by atoms with Crippen LogP contribution in [-0.4, -0.2) is 9.38 Å². The topological polar surface area (TPSA) is 29.3 Å². The van der Waals surface area contributed by atoms with E-state index in [1.54, 1.807) is 0 Å². The van der Waals surface area contributed by atoms with E-state index in [0.717, 1.165) is 28.3 Å². The summed E-state index contributed by atoms with van der Waals surface area (Å²) in [5.41, 5.74) is 4.69. The van der Waals surface area contributed by atoms with Crippen molar-refractivity contribution in [3.63, 3.8) is 0 Å². The SMILES string of the molecule is Cc1cc(F)cc(NCc2c(C)nc3ccccn23)c1. The third-order valence-corrected chi connectivity index (χ3v) is 3.33. The minimum Gasteiger partial charge on any atom is -0.379 e. The molecule has 0 saturated carbocycles. The van der Waals surface area contributed by atoms with E-state index in [4.69, 9.17) is 0 Å². The average molecular weight is 269 g/mol. The summed E-state index contributed by atoms with van der Waals surface area (Å²) in [7, 11) is 0. The minimum atomic E-state index is -0.220. The number of imidazole rings is 1. The first kappa shape index (κ1) is 12.7. The van der Waals surface area contributed by atoms with Crippen molar-refractivity contribution in [2.75, 3.05) is 5.32 Å². The van der Waals surface area contributed by atoms with Crippen LogP contribution in [-0.2, 0) is 6.54 Å². The summed E-state index contributed by atoms with van der Waals surface area (Å²) in [5.74, 6) is -0.220. The van der Waals surface area contributed by atoms with Gasteiger partial charge in [-0.25, -0.2) is 9.37 Å². The predicted octanol–water partition coefficient (Wildman–Crippen LogP) is 3.70. The van der Waals surface area contributed by atoms with Gasteiger partial charge < -0.3 is 9.72 Å². The number of halogens is 1. The summed E-state index contributed by atoms with van der Waals surface area (Å²) in [6.07, 6.45) is 1.99. The molecule has 1 N–H and O–H groups in total. The minimum absolute atomic E-state index is 0.220. The zero-order chi connectivity index (χ0) is 14.1. The molecule has 2 aromatic heterocycles. The molecular formula is C16H16FN3. The molecule has 0 amide bonds. The van der Waals surface area contributed by atoms with E-state index >= 15 is 0 Å². The molecule has 0 bridgehead atoms. The van der Waals surface area contributed by atoms with Gasteiger partial charge >= 0.3 is 0 Å². The van der Waals surface area contributed by atoms with Crippen molar-refractivity contribution in [3.8, 4) is 0 Å². The van der Waals surface area contributed by atoms with Gasteiger partial charge in [-0.2, -0.15) is 0 Å². The molecule has 1 aromatic carbocycles. The Bertz CT molecular complexity index is 741. The summed E-state index contributed by atoms with van der Waals surface area (Å²) in [6.45, 7) is 4.48. The molecule has 0 spiro atoms.